The summed E-state index contributed by atoms with van der Waals surface area (Å²) < 4.78 is 10.7. The molecule has 2 aromatic rings. The second-order valence-electron chi connectivity index (χ2n) is 6.32. The molecule has 1 amide bonds. The summed E-state index contributed by atoms with van der Waals surface area (Å²) in [7, 11) is 0. The van der Waals surface area contributed by atoms with Crippen LogP contribution >= 0.6 is 0 Å². The fourth-order valence-corrected chi connectivity index (χ4v) is 3.39. The first-order valence-corrected chi connectivity index (χ1v) is 8.65. The van der Waals surface area contributed by atoms with Crippen LogP contribution in [0.15, 0.2) is 29.0 Å². The van der Waals surface area contributed by atoms with Crippen molar-refractivity contribution >= 4 is 5.91 Å². The maximum absolute atomic E-state index is 12.8. The molecular formula is C17H21N5O3. The van der Waals surface area contributed by atoms with Crippen molar-refractivity contribution in [1.82, 2.24) is 24.9 Å². The highest BCUT2D eigenvalue weighted by atomic mass is 16.5. The lowest BCUT2D eigenvalue weighted by molar-refractivity contribution is -0.140. The van der Waals surface area contributed by atoms with Crippen molar-refractivity contribution in [3.05, 3.63) is 30.4 Å². The molecule has 2 aliphatic heterocycles. The number of likely N-dealkylation sites (tertiary alicyclic amines) is 1. The Morgan fingerprint density at radius 2 is 2.16 bits per heavy atom. The molecule has 0 N–H and O–H groups in total. The predicted octanol–water partition coefficient (Wildman–Crippen LogP) is 0.955. The minimum Gasteiger partial charge on any atom is -0.378 e. The molecular weight excluding hydrogens is 322 g/mol. The highest BCUT2D eigenvalue weighted by Crippen LogP contribution is 2.23. The van der Waals surface area contributed by atoms with Gasteiger partial charge in [-0.3, -0.25) is 14.7 Å². The number of hydrogen-bond donors (Lipinski definition) is 0. The van der Waals surface area contributed by atoms with Gasteiger partial charge in [-0.05, 0) is 31.5 Å². The van der Waals surface area contributed by atoms with Gasteiger partial charge in [0.1, 0.15) is 0 Å². The smallest absolute Gasteiger partial charge is 0.241 e. The summed E-state index contributed by atoms with van der Waals surface area (Å²) in [5, 5.41) is 4.02. The van der Waals surface area contributed by atoms with Gasteiger partial charge < -0.3 is 14.2 Å². The van der Waals surface area contributed by atoms with E-state index in [9.17, 15) is 4.79 Å². The highest BCUT2D eigenvalue weighted by molar-refractivity contribution is 5.82. The largest absolute Gasteiger partial charge is 0.378 e. The molecule has 0 aliphatic carbocycles. The van der Waals surface area contributed by atoms with E-state index in [1.54, 1.807) is 12.4 Å². The monoisotopic (exact) mass is 343 g/mol. The van der Waals surface area contributed by atoms with Crippen molar-refractivity contribution in [2.45, 2.75) is 25.4 Å². The third kappa shape index (κ3) is 3.54. The van der Waals surface area contributed by atoms with Crippen LogP contribution in [0.25, 0.3) is 11.4 Å². The average Bonchev–Trinajstić information content (AvgIpc) is 3.33. The molecule has 8 nitrogen and oxygen atoms in total. The van der Waals surface area contributed by atoms with E-state index in [2.05, 4.69) is 20.0 Å². The van der Waals surface area contributed by atoms with Crippen LogP contribution in [0, 0.1) is 0 Å². The quantitative estimate of drug-likeness (QED) is 0.817. The van der Waals surface area contributed by atoms with Crippen molar-refractivity contribution in [1.29, 1.82) is 0 Å². The van der Waals surface area contributed by atoms with Crippen LogP contribution in [0.2, 0.25) is 0 Å². The maximum atomic E-state index is 12.8. The Morgan fingerprint density at radius 3 is 2.96 bits per heavy atom. The minimum absolute atomic E-state index is 0.105. The van der Waals surface area contributed by atoms with E-state index in [0.29, 0.717) is 44.6 Å². The molecule has 8 heteroatoms. The van der Waals surface area contributed by atoms with Crippen molar-refractivity contribution < 1.29 is 14.1 Å². The number of ether oxygens (including phenoxy) is 1. The highest BCUT2D eigenvalue weighted by Gasteiger charge is 2.35. The second-order valence-corrected chi connectivity index (χ2v) is 6.32. The molecule has 4 heterocycles. The molecule has 132 valence electrons. The first kappa shape index (κ1) is 16.2. The van der Waals surface area contributed by atoms with E-state index >= 15 is 0 Å². The van der Waals surface area contributed by atoms with Crippen LogP contribution in [0.1, 0.15) is 18.7 Å². The van der Waals surface area contributed by atoms with Gasteiger partial charge in [0.2, 0.25) is 17.6 Å². The lowest BCUT2D eigenvalue weighted by Gasteiger charge is -2.32. The second kappa shape index (κ2) is 7.28. The van der Waals surface area contributed by atoms with E-state index in [-0.39, 0.29) is 11.9 Å². The van der Waals surface area contributed by atoms with Crippen LogP contribution in [0.3, 0.4) is 0 Å². The summed E-state index contributed by atoms with van der Waals surface area (Å²) in [6.07, 6.45) is 5.29. The van der Waals surface area contributed by atoms with Gasteiger partial charge in [-0.25, -0.2) is 0 Å². The Kier molecular flexibility index (Phi) is 4.71. The van der Waals surface area contributed by atoms with E-state index < -0.39 is 0 Å². The number of amides is 1. The zero-order valence-corrected chi connectivity index (χ0v) is 14.0. The van der Waals surface area contributed by atoms with Gasteiger partial charge in [0.05, 0.1) is 25.8 Å². The lowest BCUT2D eigenvalue weighted by Crippen LogP contribution is -2.49. The van der Waals surface area contributed by atoms with Gasteiger partial charge in [-0.1, -0.05) is 5.16 Å². The Bertz CT molecular complexity index is 714. The molecule has 2 fully saturated rings. The van der Waals surface area contributed by atoms with E-state index in [4.69, 9.17) is 9.26 Å². The summed E-state index contributed by atoms with van der Waals surface area (Å²) in [5.41, 5.74) is 0.819. The molecule has 0 bridgehead atoms. The molecule has 25 heavy (non-hydrogen) atoms. The molecule has 1 atom stereocenters. The molecule has 0 radical (unpaired) electrons. The number of aromatic nitrogens is 3. The van der Waals surface area contributed by atoms with Gasteiger partial charge in [-0.15, -0.1) is 0 Å². The molecule has 2 aliphatic rings. The van der Waals surface area contributed by atoms with Crippen molar-refractivity contribution in [2.24, 2.45) is 0 Å². The zero-order chi connectivity index (χ0) is 17.1. The summed E-state index contributed by atoms with van der Waals surface area (Å²) in [6, 6.07) is 3.62. The Balaban J connectivity index is 1.43. The van der Waals surface area contributed by atoms with Crippen LogP contribution in [-0.4, -0.2) is 69.7 Å². The predicted molar refractivity (Wildman–Crippen MR) is 88.4 cm³/mol. The van der Waals surface area contributed by atoms with Crippen LogP contribution in [0.5, 0.6) is 0 Å². The normalized spacial score (nSPS) is 21.6. The Morgan fingerprint density at radius 1 is 1.28 bits per heavy atom. The van der Waals surface area contributed by atoms with Crippen molar-refractivity contribution in [3.63, 3.8) is 0 Å². The molecule has 0 unspecified atom stereocenters. The number of nitrogens with zero attached hydrogens (tertiary/aromatic N) is 5. The number of rotatable bonds is 4. The molecule has 2 aromatic heterocycles. The van der Waals surface area contributed by atoms with Gasteiger partial charge in [0, 0.05) is 31.0 Å². The topological polar surface area (TPSA) is 84.6 Å². The number of morpholine rings is 1. The van der Waals surface area contributed by atoms with Gasteiger partial charge in [-0.2, -0.15) is 4.98 Å². The number of hydrogen-bond acceptors (Lipinski definition) is 7. The summed E-state index contributed by atoms with van der Waals surface area (Å²) in [6.45, 7) is 3.95. The van der Waals surface area contributed by atoms with Crippen LogP contribution in [-0.2, 0) is 16.1 Å². The Labute approximate surface area is 145 Å². The van der Waals surface area contributed by atoms with Crippen LogP contribution in [0.4, 0.5) is 0 Å². The van der Waals surface area contributed by atoms with E-state index in [0.717, 1.165) is 24.9 Å². The lowest BCUT2D eigenvalue weighted by atomic mass is 10.2. The van der Waals surface area contributed by atoms with Gasteiger partial charge in [0.15, 0.2) is 0 Å². The number of pyridine rings is 1. The number of carbonyl (C=O) groups is 1. The minimum atomic E-state index is -0.105. The fraction of sp³-hybridized carbons (Fsp3) is 0.529. The molecule has 0 saturated carbocycles. The molecule has 0 spiro atoms. The standard InChI is InChI=1S/C17H21N5O3/c23-17(21-7-9-24-10-8-21)14-4-2-6-22(14)12-15-19-16(20-25-15)13-3-1-5-18-11-13/h1,3,5,11,14H,2,4,6-10,12H2/t14-/m0/s1. The molecule has 4 rings (SSSR count). The van der Waals surface area contributed by atoms with Crippen molar-refractivity contribution in [3.8, 4) is 11.4 Å². The number of carbonyl (C=O) groups excluding carboxylic acids is 1. The first-order valence-electron chi connectivity index (χ1n) is 8.65. The van der Waals surface area contributed by atoms with E-state index in [1.807, 2.05) is 17.0 Å². The molecule has 0 aromatic carbocycles. The van der Waals surface area contributed by atoms with Gasteiger partial charge >= 0.3 is 0 Å². The average molecular weight is 343 g/mol. The maximum Gasteiger partial charge on any atom is 0.241 e. The van der Waals surface area contributed by atoms with Gasteiger partial charge in [0.25, 0.3) is 0 Å². The summed E-state index contributed by atoms with van der Waals surface area (Å²) >= 11 is 0. The molecule has 2 saturated heterocycles. The van der Waals surface area contributed by atoms with E-state index in [1.165, 1.54) is 0 Å². The fourth-order valence-electron chi connectivity index (χ4n) is 3.39. The zero-order valence-electron chi connectivity index (χ0n) is 14.0. The van der Waals surface area contributed by atoms with Crippen LogP contribution < -0.4 is 0 Å². The Hall–Kier alpha value is -2.32. The summed E-state index contributed by atoms with van der Waals surface area (Å²) in [5.74, 6) is 1.24. The summed E-state index contributed by atoms with van der Waals surface area (Å²) in [4.78, 5) is 25.3. The third-order valence-electron chi connectivity index (χ3n) is 4.70. The first-order chi connectivity index (χ1) is 12.3. The SMILES string of the molecule is O=C([C@@H]1CCCN1Cc1nc(-c2cccnc2)no1)N1CCOCC1. The third-order valence-corrected chi connectivity index (χ3v) is 4.70. The van der Waals surface area contributed by atoms with Crippen molar-refractivity contribution in [2.75, 3.05) is 32.8 Å².